The van der Waals surface area contributed by atoms with Crippen molar-refractivity contribution in [2.24, 2.45) is 39.9 Å². The number of carbonyl (C=O) groups is 2. The summed E-state index contributed by atoms with van der Waals surface area (Å²) < 4.78 is 5.75. The van der Waals surface area contributed by atoms with Crippen LogP contribution < -0.4 is 0 Å². The summed E-state index contributed by atoms with van der Waals surface area (Å²) in [6.45, 7) is 6.49. The van der Waals surface area contributed by atoms with E-state index in [-0.39, 0.29) is 17.5 Å². The molecular formula is C22H32O3. The fraction of sp³-hybridized carbons (Fsp3) is 0.909. The molecule has 5 fully saturated rings. The highest BCUT2D eigenvalue weighted by Crippen LogP contribution is 2.78. The number of ether oxygens (including phenoxy) is 1. The van der Waals surface area contributed by atoms with E-state index in [2.05, 4.69) is 13.8 Å². The Kier molecular flexibility index (Phi) is 3.20. The van der Waals surface area contributed by atoms with E-state index in [9.17, 15) is 9.59 Å². The third kappa shape index (κ3) is 1.88. The van der Waals surface area contributed by atoms with Crippen molar-refractivity contribution in [3.8, 4) is 0 Å². The molecule has 0 amide bonds. The molecule has 0 aromatic carbocycles. The van der Waals surface area contributed by atoms with E-state index in [0.717, 1.165) is 31.1 Å². The molecule has 1 spiro atoms. The van der Waals surface area contributed by atoms with E-state index in [1.54, 1.807) is 6.92 Å². The molecule has 8 unspecified atom stereocenters. The molecule has 5 rings (SSSR count). The van der Waals surface area contributed by atoms with Gasteiger partial charge in [-0.2, -0.15) is 0 Å². The van der Waals surface area contributed by atoms with Crippen LogP contribution in [0.2, 0.25) is 0 Å². The van der Waals surface area contributed by atoms with Gasteiger partial charge in [0.25, 0.3) is 0 Å². The van der Waals surface area contributed by atoms with Gasteiger partial charge in [0.15, 0.2) is 0 Å². The number of esters is 1. The molecule has 25 heavy (non-hydrogen) atoms. The van der Waals surface area contributed by atoms with Crippen molar-refractivity contribution < 1.29 is 14.3 Å². The monoisotopic (exact) mass is 344 g/mol. The Bertz CT molecular complexity index is 641. The van der Waals surface area contributed by atoms with Gasteiger partial charge in [-0.15, -0.1) is 0 Å². The first-order valence-corrected chi connectivity index (χ1v) is 10.5. The molecule has 8 atom stereocenters. The van der Waals surface area contributed by atoms with Gasteiger partial charge in [0.05, 0.1) is 0 Å². The number of ketones is 1. The summed E-state index contributed by atoms with van der Waals surface area (Å²) in [4.78, 5) is 23.9. The molecular weight excluding hydrogens is 312 g/mol. The summed E-state index contributed by atoms with van der Waals surface area (Å²) >= 11 is 0. The molecule has 3 heteroatoms. The van der Waals surface area contributed by atoms with Crippen LogP contribution >= 0.6 is 0 Å². The van der Waals surface area contributed by atoms with Crippen LogP contribution in [0.4, 0.5) is 0 Å². The van der Waals surface area contributed by atoms with Crippen molar-refractivity contribution in [2.75, 3.05) is 0 Å². The predicted octanol–water partition coefficient (Wildman–Crippen LogP) is 4.53. The molecule has 5 aliphatic carbocycles. The van der Waals surface area contributed by atoms with Gasteiger partial charge < -0.3 is 4.74 Å². The first-order valence-electron chi connectivity index (χ1n) is 10.5. The van der Waals surface area contributed by atoms with Gasteiger partial charge in [0, 0.05) is 24.7 Å². The summed E-state index contributed by atoms with van der Waals surface area (Å²) in [6.07, 6.45) is 10.6. The van der Waals surface area contributed by atoms with Crippen LogP contribution in [-0.4, -0.2) is 17.9 Å². The number of rotatable bonds is 1. The third-order valence-corrected chi connectivity index (χ3v) is 9.89. The SMILES string of the molecule is CC(=O)OC1CCC2C3CCC45CC4C(=O)CCC5(C)C3CCC12C. The van der Waals surface area contributed by atoms with Crippen molar-refractivity contribution in [3.63, 3.8) is 0 Å². The largest absolute Gasteiger partial charge is 0.462 e. The van der Waals surface area contributed by atoms with Gasteiger partial charge in [0.1, 0.15) is 11.9 Å². The fourth-order valence-corrected chi connectivity index (χ4v) is 8.53. The van der Waals surface area contributed by atoms with Crippen LogP contribution in [0, 0.1) is 39.9 Å². The van der Waals surface area contributed by atoms with Crippen LogP contribution in [0.5, 0.6) is 0 Å². The zero-order valence-electron chi connectivity index (χ0n) is 16.0. The van der Waals surface area contributed by atoms with E-state index < -0.39 is 0 Å². The standard InChI is InChI=1S/C22H32O3/c1-13(23)25-19-5-4-15-14-6-11-22-12-17(22)18(24)8-10-21(22,3)16(14)7-9-20(15,19)2/h14-17,19H,4-12H2,1-3H3. The lowest BCUT2D eigenvalue weighted by Crippen LogP contribution is -2.55. The highest BCUT2D eigenvalue weighted by Gasteiger charge is 2.74. The smallest absolute Gasteiger partial charge is 0.302 e. The summed E-state index contributed by atoms with van der Waals surface area (Å²) in [5, 5.41) is 0. The van der Waals surface area contributed by atoms with Crippen LogP contribution in [0.25, 0.3) is 0 Å². The second-order valence-electron chi connectivity index (χ2n) is 10.4. The Morgan fingerprint density at radius 3 is 2.60 bits per heavy atom. The first kappa shape index (κ1) is 16.3. The number of fused-ring (bicyclic) bond motifs is 4. The van der Waals surface area contributed by atoms with E-state index in [4.69, 9.17) is 4.74 Å². The van der Waals surface area contributed by atoms with Crippen LogP contribution in [0.3, 0.4) is 0 Å². The molecule has 0 heterocycles. The Morgan fingerprint density at radius 2 is 1.84 bits per heavy atom. The molecule has 5 aliphatic rings. The Balaban J connectivity index is 1.44. The number of hydrogen-bond acceptors (Lipinski definition) is 3. The molecule has 0 bridgehead atoms. The second-order valence-corrected chi connectivity index (χ2v) is 10.4. The average Bonchev–Trinajstić information content (AvgIpc) is 3.22. The number of hydrogen-bond donors (Lipinski definition) is 0. The minimum absolute atomic E-state index is 0.116. The lowest BCUT2D eigenvalue weighted by molar-refractivity contribution is -0.163. The first-order chi connectivity index (χ1) is 11.8. The number of carbonyl (C=O) groups excluding carboxylic acids is 2. The minimum Gasteiger partial charge on any atom is -0.462 e. The maximum absolute atomic E-state index is 12.3. The molecule has 0 N–H and O–H groups in total. The van der Waals surface area contributed by atoms with Crippen molar-refractivity contribution in [2.45, 2.75) is 84.7 Å². The van der Waals surface area contributed by atoms with Crippen molar-refractivity contribution in [1.29, 1.82) is 0 Å². The van der Waals surface area contributed by atoms with E-state index in [1.165, 1.54) is 38.5 Å². The van der Waals surface area contributed by atoms with Gasteiger partial charge in [-0.05, 0) is 80.0 Å². The van der Waals surface area contributed by atoms with Gasteiger partial charge >= 0.3 is 5.97 Å². The molecule has 138 valence electrons. The zero-order valence-corrected chi connectivity index (χ0v) is 16.0. The third-order valence-electron chi connectivity index (χ3n) is 9.89. The predicted molar refractivity (Wildman–Crippen MR) is 94.7 cm³/mol. The zero-order chi connectivity index (χ0) is 17.6. The van der Waals surface area contributed by atoms with Gasteiger partial charge in [0.2, 0.25) is 0 Å². The Labute approximate surface area is 151 Å². The lowest BCUT2D eigenvalue weighted by Gasteiger charge is -2.60. The topological polar surface area (TPSA) is 43.4 Å². The van der Waals surface area contributed by atoms with E-state index in [1.807, 2.05) is 0 Å². The van der Waals surface area contributed by atoms with Gasteiger partial charge in [-0.1, -0.05) is 13.8 Å². The quantitative estimate of drug-likeness (QED) is 0.656. The Morgan fingerprint density at radius 1 is 1.04 bits per heavy atom. The normalized spacial score (nSPS) is 56.3. The van der Waals surface area contributed by atoms with Gasteiger partial charge in [-0.3, -0.25) is 9.59 Å². The summed E-state index contributed by atoms with van der Waals surface area (Å²) in [7, 11) is 0. The second kappa shape index (κ2) is 4.89. The molecule has 5 saturated carbocycles. The van der Waals surface area contributed by atoms with Crippen molar-refractivity contribution in [3.05, 3.63) is 0 Å². The molecule has 3 nitrogen and oxygen atoms in total. The van der Waals surface area contributed by atoms with Crippen molar-refractivity contribution in [1.82, 2.24) is 0 Å². The molecule has 0 radical (unpaired) electrons. The van der Waals surface area contributed by atoms with E-state index in [0.29, 0.717) is 28.4 Å². The van der Waals surface area contributed by atoms with Crippen molar-refractivity contribution >= 4 is 11.8 Å². The number of Topliss-reactive ketones (excluding diaryl/α,β-unsaturated/α-hetero) is 1. The molecule has 0 aliphatic heterocycles. The average molecular weight is 344 g/mol. The van der Waals surface area contributed by atoms with Gasteiger partial charge in [-0.25, -0.2) is 0 Å². The highest BCUT2D eigenvalue weighted by atomic mass is 16.5. The minimum atomic E-state index is -0.116. The van der Waals surface area contributed by atoms with E-state index >= 15 is 0 Å². The van der Waals surface area contributed by atoms with Crippen LogP contribution in [0.15, 0.2) is 0 Å². The fourth-order valence-electron chi connectivity index (χ4n) is 8.53. The lowest BCUT2D eigenvalue weighted by atomic mass is 9.44. The Hall–Kier alpha value is -0.860. The summed E-state index contributed by atoms with van der Waals surface area (Å²) in [6, 6.07) is 0. The molecule has 0 saturated heterocycles. The maximum Gasteiger partial charge on any atom is 0.302 e. The maximum atomic E-state index is 12.3. The molecule has 0 aromatic heterocycles. The summed E-state index contributed by atoms with van der Waals surface area (Å²) in [5.41, 5.74) is 0.932. The molecule has 0 aromatic rings. The van der Waals surface area contributed by atoms with Crippen LogP contribution in [-0.2, 0) is 14.3 Å². The highest BCUT2D eigenvalue weighted by molar-refractivity contribution is 5.86. The van der Waals surface area contributed by atoms with Crippen LogP contribution in [0.1, 0.15) is 78.6 Å². The summed E-state index contributed by atoms with van der Waals surface area (Å²) in [5.74, 6) is 3.12.